The van der Waals surface area contributed by atoms with Crippen LogP contribution in [0, 0.1) is 0 Å². The lowest BCUT2D eigenvalue weighted by Gasteiger charge is -2.33. The van der Waals surface area contributed by atoms with Crippen molar-refractivity contribution in [1.82, 2.24) is 4.90 Å². The summed E-state index contributed by atoms with van der Waals surface area (Å²) in [7, 11) is 0. The average Bonchev–Trinajstić information content (AvgIpc) is 2.21. The molecule has 0 radical (unpaired) electrons. The van der Waals surface area contributed by atoms with Crippen molar-refractivity contribution in [1.29, 1.82) is 0 Å². The van der Waals surface area contributed by atoms with Crippen LogP contribution >= 0.6 is 23.7 Å². The summed E-state index contributed by atoms with van der Waals surface area (Å²) in [6.07, 6.45) is 3.61. The van der Waals surface area contributed by atoms with E-state index in [1.165, 1.54) is 43.2 Å². The highest BCUT2D eigenvalue weighted by molar-refractivity contribution is 7.99. The number of hydrogen-bond donors (Lipinski definition) is 1. The third kappa shape index (κ3) is 2.31. The Labute approximate surface area is 83.0 Å². The summed E-state index contributed by atoms with van der Waals surface area (Å²) in [4.78, 5) is 2.66. The van der Waals surface area contributed by atoms with Crippen molar-refractivity contribution in [2.75, 3.05) is 30.3 Å². The van der Waals surface area contributed by atoms with E-state index in [4.69, 9.17) is 0 Å². The molecule has 0 spiro atoms. The van der Waals surface area contributed by atoms with Gasteiger partial charge in [-0.05, 0) is 6.42 Å². The van der Waals surface area contributed by atoms with Gasteiger partial charge in [-0.3, -0.25) is 9.62 Å². The lowest BCUT2D eigenvalue weighted by Crippen LogP contribution is -2.88. The Morgan fingerprint density at radius 3 is 2.67 bits per heavy atom. The molecule has 2 rings (SSSR count). The highest BCUT2D eigenvalue weighted by Crippen LogP contribution is 2.14. The summed E-state index contributed by atoms with van der Waals surface area (Å²) in [5.41, 5.74) is 0. The van der Waals surface area contributed by atoms with Crippen molar-refractivity contribution in [3.05, 3.63) is 0 Å². The molecule has 12 heavy (non-hydrogen) atoms. The second-order valence-corrected chi connectivity index (χ2v) is 5.60. The van der Waals surface area contributed by atoms with Gasteiger partial charge in [-0.2, -0.15) is 11.8 Å². The monoisotopic (exact) mass is 205 g/mol. The van der Waals surface area contributed by atoms with Crippen molar-refractivity contribution in [2.45, 2.75) is 19.0 Å². The normalized spacial score (nSPS) is 33.5. The molecule has 2 nitrogen and oxygen atoms in total. The van der Waals surface area contributed by atoms with Gasteiger partial charge in [0.25, 0.3) is 0 Å². The molecular weight excluding hydrogens is 188 g/mol. The van der Waals surface area contributed by atoms with E-state index < -0.39 is 0 Å². The SMILES string of the molecule is C1CS[NH2+]C(N2CCSCC2)C1. The van der Waals surface area contributed by atoms with E-state index in [1.54, 1.807) is 0 Å². The third-order valence-corrected chi connectivity index (χ3v) is 4.50. The summed E-state index contributed by atoms with van der Waals surface area (Å²) in [5, 5.41) is 0. The van der Waals surface area contributed by atoms with Crippen LogP contribution in [0.3, 0.4) is 0 Å². The van der Waals surface area contributed by atoms with Crippen LogP contribution in [0.25, 0.3) is 0 Å². The molecule has 2 fully saturated rings. The largest absolute Gasteiger partial charge is 0.270 e. The smallest absolute Gasteiger partial charge is 0.152 e. The van der Waals surface area contributed by atoms with Gasteiger partial charge < -0.3 is 0 Å². The zero-order valence-electron chi connectivity index (χ0n) is 7.37. The van der Waals surface area contributed by atoms with Crippen molar-refractivity contribution in [3.8, 4) is 0 Å². The number of hydrogen-bond acceptors (Lipinski definition) is 3. The van der Waals surface area contributed by atoms with E-state index >= 15 is 0 Å². The van der Waals surface area contributed by atoms with Crippen LogP contribution in [0.4, 0.5) is 0 Å². The van der Waals surface area contributed by atoms with Crippen LogP contribution in [-0.4, -0.2) is 41.4 Å². The Balaban J connectivity index is 1.80. The van der Waals surface area contributed by atoms with Gasteiger partial charge in [-0.25, -0.2) is 0 Å². The standard InChI is InChI=1S/C8H16N2S2/c1-2-8(9-12-5-1)10-3-6-11-7-4-10/h8-9H,1-7H2/p+1. The Morgan fingerprint density at radius 1 is 1.17 bits per heavy atom. The first-order chi connectivity index (χ1) is 5.97. The molecule has 0 aromatic heterocycles. The molecule has 0 amide bonds. The molecule has 0 aromatic carbocycles. The molecule has 1 atom stereocenters. The molecule has 2 aliphatic heterocycles. The van der Waals surface area contributed by atoms with E-state index in [-0.39, 0.29) is 0 Å². The maximum absolute atomic E-state index is 2.66. The van der Waals surface area contributed by atoms with Crippen LogP contribution in [0.2, 0.25) is 0 Å². The van der Waals surface area contributed by atoms with Crippen LogP contribution in [-0.2, 0) is 0 Å². The Morgan fingerprint density at radius 2 is 2.00 bits per heavy atom. The zero-order valence-corrected chi connectivity index (χ0v) is 9.00. The first-order valence-electron chi connectivity index (χ1n) is 4.73. The molecule has 2 N–H and O–H groups in total. The minimum absolute atomic E-state index is 0.796. The molecule has 1 unspecified atom stereocenters. The average molecular weight is 205 g/mol. The van der Waals surface area contributed by atoms with Gasteiger partial charge in [0.1, 0.15) is 0 Å². The third-order valence-electron chi connectivity index (χ3n) is 2.53. The van der Waals surface area contributed by atoms with Crippen molar-refractivity contribution < 1.29 is 4.72 Å². The molecular formula is C8H17N2S2+. The summed E-state index contributed by atoms with van der Waals surface area (Å²) in [5.74, 6) is 4.03. The highest BCUT2D eigenvalue weighted by atomic mass is 32.2. The molecule has 0 saturated carbocycles. The molecule has 70 valence electrons. The molecule has 0 bridgehead atoms. The maximum Gasteiger partial charge on any atom is 0.152 e. The van der Waals surface area contributed by atoms with Gasteiger partial charge in [0.15, 0.2) is 6.17 Å². The van der Waals surface area contributed by atoms with Gasteiger partial charge in [0, 0.05) is 36.8 Å². The lowest BCUT2D eigenvalue weighted by molar-refractivity contribution is -0.559. The Hall–Kier alpha value is 0.620. The molecule has 0 aromatic rings. The summed E-state index contributed by atoms with van der Waals surface area (Å²) in [6, 6.07) is 0. The van der Waals surface area contributed by atoms with E-state index in [0.717, 1.165) is 6.17 Å². The quantitative estimate of drug-likeness (QED) is 0.624. The van der Waals surface area contributed by atoms with E-state index in [1.807, 2.05) is 11.9 Å². The number of thioether (sulfide) groups is 1. The fourth-order valence-electron chi connectivity index (χ4n) is 1.80. The van der Waals surface area contributed by atoms with Gasteiger partial charge >= 0.3 is 0 Å². The second kappa shape index (κ2) is 4.74. The summed E-state index contributed by atoms with van der Waals surface area (Å²) in [6.45, 7) is 2.62. The van der Waals surface area contributed by atoms with Crippen molar-refractivity contribution in [3.63, 3.8) is 0 Å². The summed E-state index contributed by atoms with van der Waals surface area (Å²) >= 11 is 4.12. The Kier molecular flexibility index (Phi) is 3.63. The minimum Gasteiger partial charge on any atom is -0.270 e. The predicted octanol–water partition coefficient (Wildman–Crippen LogP) is 0.367. The predicted molar refractivity (Wildman–Crippen MR) is 56.3 cm³/mol. The van der Waals surface area contributed by atoms with E-state index in [2.05, 4.69) is 21.4 Å². The van der Waals surface area contributed by atoms with Crippen molar-refractivity contribution >= 4 is 23.7 Å². The van der Waals surface area contributed by atoms with Crippen molar-refractivity contribution in [2.24, 2.45) is 0 Å². The number of rotatable bonds is 1. The Bertz CT molecular complexity index is 115. The van der Waals surface area contributed by atoms with Gasteiger partial charge in [-0.15, -0.1) is 0 Å². The van der Waals surface area contributed by atoms with Crippen LogP contribution in [0.1, 0.15) is 12.8 Å². The lowest BCUT2D eigenvalue weighted by atomic mass is 10.2. The number of nitrogens with zero attached hydrogens (tertiary/aromatic N) is 1. The first-order valence-corrected chi connectivity index (χ1v) is 6.94. The van der Waals surface area contributed by atoms with Gasteiger partial charge in [-0.1, -0.05) is 0 Å². The maximum atomic E-state index is 2.66. The number of quaternary nitrogens is 1. The first kappa shape index (κ1) is 9.19. The molecule has 2 heterocycles. The molecule has 4 heteroatoms. The topological polar surface area (TPSA) is 19.9 Å². The van der Waals surface area contributed by atoms with Gasteiger partial charge in [0.05, 0.1) is 11.9 Å². The zero-order chi connectivity index (χ0) is 8.23. The number of nitrogens with two attached hydrogens (primary N) is 1. The van der Waals surface area contributed by atoms with Crippen LogP contribution in [0.5, 0.6) is 0 Å². The van der Waals surface area contributed by atoms with E-state index in [9.17, 15) is 0 Å². The van der Waals surface area contributed by atoms with E-state index in [0.29, 0.717) is 0 Å². The second-order valence-electron chi connectivity index (χ2n) is 3.36. The fraction of sp³-hybridized carbons (Fsp3) is 1.00. The summed E-state index contributed by atoms with van der Waals surface area (Å²) < 4.78 is 2.46. The van der Waals surface area contributed by atoms with Crippen LogP contribution < -0.4 is 4.72 Å². The molecule has 2 aliphatic rings. The minimum atomic E-state index is 0.796. The molecule has 0 aliphatic carbocycles. The fourth-order valence-corrected chi connectivity index (χ4v) is 3.73. The highest BCUT2D eigenvalue weighted by Gasteiger charge is 2.25. The van der Waals surface area contributed by atoms with Gasteiger partial charge in [0.2, 0.25) is 0 Å². The molecule has 2 saturated heterocycles. The van der Waals surface area contributed by atoms with Crippen LogP contribution in [0.15, 0.2) is 0 Å².